The number of hydrogen-bond acceptors (Lipinski definition) is 5. The van der Waals surface area contributed by atoms with Crippen LogP contribution < -0.4 is 9.62 Å². The third-order valence-corrected chi connectivity index (χ3v) is 9.02. The first kappa shape index (κ1) is 22.5. The Labute approximate surface area is 191 Å². The fourth-order valence-electron chi connectivity index (χ4n) is 5.47. The van der Waals surface area contributed by atoms with Gasteiger partial charge in [0.25, 0.3) is 10.0 Å². The van der Waals surface area contributed by atoms with Crippen LogP contribution in [-0.2, 0) is 10.0 Å². The molecule has 178 valence electrons. The molecule has 3 heterocycles. The zero-order valence-corrected chi connectivity index (χ0v) is 19.3. The van der Waals surface area contributed by atoms with Gasteiger partial charge in [-0.25, -0.2) is 22.2 Å². The molecular formula is C23H27F3N4O2S. The Hall–Kier alpha value is -2.33. The lowest BCUT2D eigenvalue weighted by Crippen LogP contribution is -2.51. The quantitative estimate of drug-likeness (QED) is 0.635. The van der Waals surface area contributed by atoms with Crippen LogP contribution in [0.2, 0.25) is 0 Å². The highest BCUT2D eigenvalue weighted by Gasteiger charge is 2.51. The van der Waals surface area contributed by atoms with Crippen molar-refractivity contribution in [2.75, 3.05) is 42.3 Å². The Morgan fingerprint density at radius 1 is 1.18 bits per heavy atom. The van der Waals surface area contributed by atoms with Gasteiger partial charge in [-0.15, -0.1) is 0 Å². The normalized spacial score (nSPS) is 25.2. The van der Waals surface area contributed by atoms with Crippen molar-refractivity contribution in [2.45, 2.75) is 37.5 Å². The van der Waals surface area contributed by atoms with Crippen LogP contribution in [0.15, 0.2) is 29.2 Å². The van der Waals surface area contributed by atoms with Crippen molar-refractivity contribution in [2.24, 2.45) is 11.3 Å². The first-order valence-corrected chi connectivity index (χ1v) is 12.8. The molecule has 0 unspecified atom stereocenters. The predicted molar refractivity (Wildman–Crippen MR) is 119 cm³/mol. The van der Waals surface area contributed by atoms with Crippen molar-refractivity contribution >= 4 is 21.5 Å². The Balaban J connectivity index is 1.38. The lowest BCUT2D eigenvalue weighted by atomic mass is 9.59. The number of rotatable bonds is 6. The van der Waals surface area contributed by atoms with Gasteiger partial charge in [-0.2, -0.15) is 4.39 Å². The summed E-state index contributed by atoms with van der Waals surface area (Å²) in [4.78, 5) is 6.78. The molecule has 2 aromatic rings. The van der Waals surface area contributed by atoms with Crippen molar-refractivity contribution in [1.82, 2.24) is 9.88 Å². The number of nitrogens with zero attached hydrogens (tertiary/aromatic N) is 3. The van der Waals surface area contributed by atoms with Crippen molar-refractivity contribution in [3.63, 3.8) is 0 Å². The van der Waals surface area contributed by atoms with Crippen molar-refractivity contribution < 1.29 is 21.6 Å². The number of nitrogens with one attached hydrogen (secondary N) is 1. The minimum atomic E-state index is -4.64. The number of halogens is 3. The molecule has 3 fully saturated rings. The topological polar surface area (TPSA) is 65.5 Å². The molecule has 5 rings (SSSR count). The summed E-state index contributed by atoms with van der Waals surface area (Å²) in [6.07, 6.45) is 4.52. The summed E-state index contributed by atoms with van der Waals surface area (Å²) in [7, 11) is -4.64. The third kappa shape index (κ3) is 3.97. The van der Waals surface area contributed by atoms with E-state index in [-0.39, 0.29) is 16.8 Å². The van der Waals surface area contributed by atoms with Crippen LogP contribution in [0.25, 0.3) is 0 Å². The second-order valence-corrected chi connectivity index (χ2v) is 11.1. The van der Waals surface area contributed by atoms with Gasteiger partial charge in [0.15, 0.2) is 10.7 Å². The lowest BCUT2D eigenvalue weighted by Gasteiger charge is -2.50. The minimum Gasteiger partial charge on any atom is -0.371 e. The number of hydrogen-bond donors (Lipinski definition) is 1. The van der Waals surface area contributed by atoms with Crippen LogP contribution in [0.1, 0.15) is 31.2 Å². The fourth-order valence-corrected chi connectivity index (χ4v) is 6.66. The molecule has 2 atom stereocenters. The van der Waals surface area contributed by atoms with Crippen LogP contribution in [0.4, 0.5) is 24.7 Å². The summed E-state index contributed by atoms with van der Waals surface area (Å²) in [5, 5.41) is 0. The second-order valence-electron chi connectivity index (χ2n) is 9.52. The molecule has 10 heteroatoms. The highest BCUT2D eigenvalue weighted by Crippen LogP contribution is 2.54. The van der Waals surface area contributed by atoms with Gasteiger partial charge in [-0.05, 0) is 75.2 Å². The van der Waals surface area contributed by atoms with E-state index in [0.717, 1.165) is 51.2 Å². The van der Waals surface area contributed by atoms with E-state index in [1.165, 1.54) is 31.9 Å². The molecule has 3 aliphatic rings. The molecule has 2 saturated heterocycles. The van der Waals surface area contributed by atoms with Gasteiger partial charge >= 0.3 is 0 Å². The molecule has 0 amide bonds. The molecule has 6 nitrogen and oxygen atoms in total. The maximum absolute atomic E-state index is 15.3. The molecule has 1 aromatic carbocycles. The SMILES string of the molecule is Cc1c(N2CC[C@@]3(CC[C@@H]3CN3CCC3)C2)cc(F)c(S(=O)(=O)Nc2cccc(F)n2)c1F. The summed E-state index contributed by atoms with van der Waals surface area (Å²) in [6, 6.07) is 4.60. The maximum Gasteiger partial charge on any atom is 0.268 e. The number of aromatic nitrogens is 1. The van der Waals surface area contributed by atoms with E-state index < -0.39 is 32.5 Å². The summed E-state index contributed by atoms with van der Waals surface area (Å²) >= 11 is 0. The molecule has 1 aromatic heterocycles. The van der Waals surface area contributed by atoms with Gasteiger partial charge in [-0.3, -0.25) is 4.72 Å². The van der Waals surface area contributed by atoms with Crippen LogP contribution in [-0.4, -0.2) is 51.0 Å². The zero-order chi connectivity index (χ0) is 23.4. The monoisotopic (exact) mass is 480 g/mol. The molecule has 1 N–H and O–H groups in total. The third-order valence-electron chi connectivity index (χ3n) is 7.63. The number of likely N-dealkylation sites (tertiary alicyclic amines) is 1. The molecule has 1 saturated carbocycles. The van der Waals surface area contributed by atoms with E-state index in [1.54, 1.807) is 0 Å². The van der Waals surface area contributed by atoms with E-state index in [0.29, 0.717) is 18.2 Å². The smallest absolute Gasteiger partial charge is 0.268 e. The van der Waals surface area contributed by atoms with E-state index in [9.17, 15) is 12.8 Å². The maximum atomic E-state index is 15.3. The molecule has 1 spiro atoms. The van der Waals surface area contributed by atoms with Crippen LogP contribution >= 0.6 is 0 Å². The van der Waals surface area contributed by atoms with Gasteiger partial charge in [0, 0.05) is 30.9 Å². The summed E-state index contributed by atoms with van der Waals surface area (Å²) in [6.45, 7) is 6.28. The lowest BCUT2D eigenvalue weighted by molar-refractivity contribution is 0.00572. The average Bonchev–Trinajstić information content (AvgIpc) is 3.16. The molecule has 33 heavy (non-hydrogen) atoms. The van der Waals surface area contributed by atoms with Crippen LogP contribution in [0.3, 0.4) is 0 Å². The first-order chi connectivity index (χ1) is 15.7. The second kappa shape index (κ2) is 8.16. The predicted octanol–water partition coefficient (Wildman–Crippen LogP) is 3.92. The van der Waals surface area contributed by atoms with E-state index in [1.807, 2.05) is 9.62 Å². The van der Waals surface area contributed by atoms with E-state index in [4.69, 9.17) is 0 Å². The highest BCUT2D eigenvalue weighted by atomic mass is 32.2. The Morgan fingerprint density at radius 2 is 1.97 bits per heavy atom. The highest BCUT2D eigenvalue weighted by molar-refractivity contribution is 7.92. The molecular weight excluding hydrogens is 453 g/mol. The number of sulfonamides is 1. The largest absolute Gasteiger partial charge is 0.371 e. The molecule has 0 bridgehead atoms. The summed E-state index contributed by atoms with van der Waals surface area (Å²) < 4.78 is 71.0. The zero-order valence-electron chi connectivity index (χ0n) is 18.5. The van der Waals surface area contributed by atoms with Gasteiger partial charge in [-0.1, -0.05) is 6.07 Å². The molecule has 0 radical (unpaired) electrons. The summed E-state index contributed by atoms with van der Waals surface area (Å²) in [5.41, 5.74) is 0.642. The number of pyridine rings is 1. The van der Waals surface area contributed by atoms with Crippen LogP contribution in [0, 0.1) is 35.8 Å². The number of benzene rings is 1. The Morgan fingerprint density at radius 3 is 2.61 bits per heavy atom. The Bertz CT molecular complexity index is 1190. The van der Waals surface area contributed by atoms with Gasteiger partial charge in [0.05, 0.1) is 0 Å². The number of anilines is 2. The first-order valence-electron chi connectivity index (χ1n) is 11.3. The summed E-state index contributed by atoms with van der Waals surface area (Å²) in [5.74, 6) is -2.98. The minimum absolute atomic E-state index is 0.0830. The van der Waals surface area contributed by atoms with Crippen LogP contribution in [0.5, 0.6) is 0 Å². The van der Waals surface area contributed by atoms with Gasteiger partial charge in [0.1, 0.15) is 11.6 Å². The molecule has 1 aliphatic carbocycles. The van der Waals surface area contributed by atoms with E-state index >= 15 is 8.78 Å². The van der Waals surface area contributed by atoms with Gasteiger partial charge < -0.3 is 9.80 Å². The fraction of sp³-hybridized carbons (Fsp3) is 0.522. The van der Waals surface area contributed by atoms with Crippen molar-refractivity contribution in [3.8, 4) is 0 Å². The van der Waals surface area contributed by atoms with E-state index in [2.05, 4.69) is 9.88 Å². The average molecular weight is 481 g/mol. The molecule has 2 aliphatic heterocycles. The van der Waals surface area contributed by atoms with Crippen molar-refractivity contribution in [3.05, 3.63) is 47.4 Å². The van der Waals surface area contributed by atoms with Crippen molar-refractivity contribution in [1.29, 1.82) is 0 Å². The van der Waals surface area contributed by atoms with Gasteiger partial charge in [0.2, 0.25) is 5.95 Å². The standard InChI is InChI=1S/C23H27F3N4O2S/c1-15-18(30-11-8-23(14-30)7-6-16(23)13-29-9-3-10-29)12-17(24)22(21(15)26)33(31,32)28-20-5-2-4-19(25)27-20/h2,4-5,12,16H,3,6-11,13-14H2,1H3,(H,27,28)/t16-,23+/m1/s1. The Kier molecular flexibility index (Phi) is 5.55.